The van der Waals surface area contributed by atoms with Gasteiger partial charge in [0, 0.05) is 7.05 Å². The van der Waals surface area contributed by atoms with Crippen LogP contribution in [0.1, 0.15) is 0 Å². The first-order chi connectivity index (χ1) is 9.58. The van der Waals surface area contributed by atoms with Crippen LogP contribution in [0.25, 0.3) is 0 Å². The van der Waals surface area contributed by atoms with Gasteiger partial charge in [-0.1, -0.05) is 35.3 Å². The smallest absolute Gasteiger partial charge is 0.161 e. The lowest BCUT2D eigenvalue weighted by Crippen LogP contribution is -2.16. The molecule has 1 heterocycles. The summed E-state index contributed by atoms with van der Waals surface area (Å²) in [6, 6.07) is 9.14. The van der Waals surface area contributed by atoms with Crippen molar-refractivity contribution >= 4 is 40.5 Å². The van der Waals surface area contributed by atoms with Gasteiger partial charge in [0.1, 0.15) is 5.75 Å². The lowest BCUT2D eigenvalue weighted by Gasteiger charge is -2.22. The summed E-state index contributed by atoms with van der Waals surface area (Å²) in [5.41, 5.74) is 3.27. The van der Waals surface area contributed by atoms with Crippen LogP contribution in [0.4, 0.5) is 17.3 Å². The van der Waals surface area contributed by atoms with Gasteiger partial charge in [0.15, 0.2) is 11.6 Å². The summed E-state index contributed by atoms with van der Waals surface area (Å²) in [5, 5.41) is 0.775. The van der Waals surface area contributed by atoms with E-state index in [0.717, 1.165) is 5.69 Å². The number of hydrazine groups is 1. The molecule has 1 aromatic heterocycles. The number of halogens is 2. The molecule has 0 saturated carbocycles. The van der Waals surface area contributed by atoms with Gasteiger partial charge in [0.05, 0.1) is 22.8 Å². The first-order valence-electron chi connectivity index (χ1n) is 5.78. The van der Waals surface area contributed by atoms with Crippen molar-refractivity contribution in [2.75, 3.05) is 24.5 Å². The van der Waals surface area contributed by atoms with E-state index in [-0.39, 0.29) is 0 Å². The Bertz CT molecular complexity index is 621. The van der Waals surface area contributed by atoms with Crippen molar-refractivity contribution in [3.63, 3.8) is 0 Å². The van der Waals surface area contributed by atoms with Crippen LogP contribution in [0.3, 0.4) is 0 Å². The van der Waals surface area contributed by atoms with Crippen LogP contribution in [-0.4, -0.2) is 19.1 Å². The molecule has 0 saturated heterocycles. The Hall–Kier alpha value is -1.69. The number of hydrogen-bond donors (Lipinski definition) is 2. The van der Waals surface area contributed by atoms with Crippen LogP contribution in [-0.2, 0) is 0 Å². The number of nitrogens with zero attached hydrogens (tertiary/aromatic N) is 2. The third-order valence-corrected chi connectivity index (χ3v) is 3.38. The van der Waals surface area contributed by atoms with Crippen molar-refractivity contribution in [3.8, 4) is 5.75 Å². The van der Waals surface area contributed by atoms with Crippen molar-refractivity contribution in [3.05, 3.63) is 40.4 Å². The van der Waals surface area contributed by atoms with Crippen molar-refractivity contribution in [1.29, 1.82) is 0 Å². The molecule has 0 amide bonds. The molecule has 0 atom stereocenters. The molecule has 0 radical (unpaired) electrons. The number of nitrogen functional groups attached to an aromatic ring is 1. The fourth-order valence-electron chi connectivity index (χ4n) is 1.81. The number of rotatable bonds is 4. The van der Waals surface area contributed by atoms with Crippen LogP contribution in [0.15, 0.2) is 30.3 Å². The molecular weight excluding hydrogens is 299 g/mol. The Balaban J connectivity index is 2.50. The Morgan fingerprint density at radius 1 is 1.25 bits per heavy atom. The number of anilines is 3. The third-order valence-electron chi connectivity index (χ3n) is 2.81. The standard InChI is InChI=1S/C13H14Cl2N4O/c1-19(10-5-3-4-6-11(10)20-2)13-9(15)7-8(14)12(17-13)18-16/h3-7H,16H2,1-2H3,(H,17,18). The molecule has 7 heteroatoms. The number of para-hydroxylation sites is 2. The van der Waals surface area contributed by atoms with E-state index < -0.39 is 0 Å². The van der Waals surface area contributed by atoms with Crippen LogP contribution in [0.5, 0.6) is 5.75 Å². The van der Waals surface area contributed by atoms with Crippen LogP contribution in [0.2, 0.25) is 10.0 Å². The number of hydrogen-bond acceptors (Lipinski definition) is 5. The largest absolute Gasteiger partial charge is 0.495 e. The average molecular weight is 313 g/mol. The summed E-state index contributed by atoms with van der Waals surface area (Å²) >= 11 is 12.2. The van der Waals surface area contributed by atoms with E-state index in [1.54, 1.807) is 18.1 Å². The molecule has 5 nitrogen and oxygen atoms in total. The number of ether oxygens (including phenoxy) is 1. The lowest BCUT2D eigenvalue weighted by atomic mass is 10.2. The summed E-state index contributed by atoms with van der Waals surface area (Å²) in [6.07, 6.45) is 0. The molecule has 1 aromatic carbocycles. The first-order valence-corrected chi connectivity index (χ1v) is 6.53. The predicted molar refractivity (Wildman–Crippen MR) is 83.1 cm³/mol. The minimum absolute atomic E-state index is 0.354. The fraction of sp³-hybridized carbons (Fsp3) is 0.154. The third kappa shape index (κ3) is 2.75. The first kappa shape index (κ1) is 14.7. The summed E-state index contributed by atoms with van der Waals surface area (Å²) < 4.78 is 5.33. The average Bonchev–Trinajstić information content (AvgIpc) is 2.46. The molecule has 0 aliphatic rings. The normalized spacial score (nSPS) is 10.2. The zero-order valence-corrected chi connectivity index (χ0v) is 12.5. The maximum Gasteiger partial charge on any atom is 0.161 e. The van der Waals surface area contributed by atoms with Crippen molar-refractivity contribution in [1.82, 2.24) is 4.98 Å². The number of nitrogens with one attached hydrogen (secondary N) is 1. The monoisotopic (exact) mass is 312 g/mol. The SMILES string of the molecule is COc1ccccc1N(C)c1nc(NN)c(Cl)cc1Cl. The van der Waals surface area contributed by atoms with Gasteiger partial charge in [-0.15, -0.1) is 0 Å². The van der Waals surface area contributed by atoms with Gasteiger partial charge in [0.25, 0.3) is 0 Å². The number of methoxy groups -OCH3 is 1. The molecule has 0 fully saturated rings. The van der Waals surface area contributed by atoms with E-state index in [0.29, 0.717) is 27.4 Å². The van der Waals surface area contributed by atoms with Crippen LogP contribution >= 0.6 is 23.2 Å². The van der Waals surface area contributed by atoms with Gasteiger partial charge in [-0.2, -0.15) is 0 Å². The fourth-order valence-corrected chi connectivity index (χ4v) is 2.35. The van der Waals surface area contributed by atoms with Crippen molar-refractivity contribution in [2.45, 2.75) is 0 Å². The van der Waals surface area contributed by atoms with E-state index in [2.05, 4.69) is 10.4 Å². The van der Waals surface area contributed by atoms with Crippen molar-refractivity contribution in [2.24, 2.45) is 5.84 Å². The van der Waals surface area contributed by atoms with Crippen molar-refractivity contribution < 1.29 is 4.74 Å². The molecule has 20 heavy (non-hydrogen) atoms. The molecule has 106 valence electrons. The highest BCUT2D eigenvalue weighted by molar-refractivity contribution is 6.37. The van der Waals surface area contributed by atoms with Gasteiger partial charge in [0.2, 0.25) is 0 Å². The van der Waals surface area contributed by atoms with Gasteiger partial charge in [-0.25, -0.2) is 10.8 Å². The highest BCUT2D eigenvalue weighted by Gasteiger charge is 2.16. The highest BCUT2D eigenvalue weighted by atomic mass is 35.5. The topological polar surface area (TPSA) is 63.4 Å². The maximum atomic E-state index is 6.20. The highest BCUT2D eigenvalue weighted by Crippen LogP contribution is 2.37. The lowest BCUT2D eigenvalue weighted by molar-refractivity contribution is 0.415. The molecule has 0 aliphatic heterocycles. The number of aromatic nitrogens is 1. The molecule has 0 bridgehead atoms. The maximum absolute atomic E-state index is 6.20. The molecule has 0 unspecified atom stereocenters. The minimum atomic E-state index is 0.354. The van der Waals surface area contributed by atoms with Crippen LogP contribution in [0, 0.1) is 0 Å². The second-order valence-corrected chi connectivity index (χ2v) is 4.81. The molecule has 0 spiro atoms. The Morgan fingerprint density at radius 3 is 2.60 bits per heavy atom. The second kappa shape index (κ2) is 6.17. The molecule has 2 aromatic rings. The summed E-state index contributed by atoms with van der Waals surface area (Å²) in [4.78, 5) is 6.12. The van der Waals surface area contributed by atoms with E-state index >= 15 is 0 Å². The molecular formula is C13H14Cl2N4O. The molecule has 2 rings (SSSR count). The van der Waals surface area contributed by atoms with E-state index in [4.69, 9.17) is 33.8 Å². The van der Waals surface area contributed by atoms with E-state index in [1.165, 1.54) is 0 Å². The van der Waals surface area contributed by atoms with E-state index in [9.17, 15) is 0 Å². The van der Waals surface area contributed by atoms with Gasteiger partial charge >= 0.3 is 0 Å². The number of pyridine rings is 1. The number of benzene rings is 1. The zero-order chi connectivity index (χ0) is 14.7. The quantitative estimate of drug-likeness (QED) is 0.668. The van der Waals surface area contributed by atoms with Gasteiger partial charge < -0.3 is 15.1 Å². The Labute approximate surface area is 127 Å². The predicted octanol–water partition coefficient (Wildman–Crippen LogP) is 3.45. The minimum Gasteiger partial charge on any atom is -0.495 e. The Kier molecular flexibility index (Phi) is 4.54. The van der Waals surface area contributed by atoms with E-state index in [1.807, 2.05) is 31.3 Å². The van der Waals surface area contributed by atoms with Crippen LogP contribution < -0.4 is 20.9 Å². The molecule has 0 aliphatic carbocycles. The van der Waals surface area contributed by atoms with Gasteiger partial charge in [-0.05, 0) is 18.2 Å². The summed E-state index contributed by atoms with van der Waals surface area (Å²) in [6.45, 7) is 0. The molecule has 3 N–H and O–H groups in total. The van der Waals surface area contributed by atoms with Gasteiger partial charge in [-0.3, -0.25) is 0 Å². The summed E-state index contributed by atoms with van der Waals surface area (Å²) in [7, 11) is 3.44. The number of nitrogens with two attached hydrogens (primary N) is 1. The summed E-state index contributed by atoms with van der Waals surface area (Å²) in [5.74, 6) is 6.97. The second-order valence-electron chi connectivity index (χ2n) is 4.00. The zero-order valence-electron chi connectivity index (χ0n) is 11.0. The Morgan fingerprint density at radius 2 is 1.95 bits per heavy atom.